The SMILES string of the molecule is CC1C(=O)N2CCCCC2C(=O)N1C1CCSC1. The van der Waals surface area contributed by atoms with Gasteiger partial charge in [0.1, 0.15) is 12.1 Å². The molecule has 3 rings (SSSR count). The van der Waals surface area contributed by atoms with Crippen molar-refractivity contribution in [2.24, 2.45) is 0 Å². The van der Waals surface area contributed by atoms with Crippen molar-refractivity contribution in [1.82, 2.24) is 9.80 Å². The minimum atomic E-state index is -0.254. The molecule has 3 aliphatic rings. The monoisotopic (exact) mass is 268 g/mol. The van der Waals surface area contributed by atoms with Gasteiger partial charge in [-0.05, 0) is 38.4 Å². The van der Waals surface area contributed by atoms with Crippen LogP contribution in [-0.4, -0.2) is 57.8 Å². The number of rotatable bonds is 1. The van der Waals surface area contributed by atoms with E-state index < -0.39 is 0 Å². The predicted molar refractivity (Wildman–Crippen MR) is 71.4 cm³/mol. The van der Waals surface area contributed by atoms with E-state index in [2.05, 4.69) is 0 Å². The molecule has 0 bridgehead atoms. The normalized spacial score (nSPS) is 37.1. The third-order valence-corrected chi connectivity index (χ3v) is 5.54. The minimum absolute atomic E-state index is 0.159. The molecule has 3 heterocycles. The number of fused-ring (bicyclic) bond motifs is 1. The van der Waals surface area contributed by atoms with Crippen LogP contribution in [0.25, 0.3) is 0 Å². The van der Waals surface area contributed by atoms with E-state index in [1.54, 1.807) is 0 Å². The maximum Gasteiger partial charge on any atom is 0.246 e. The average molecular weight is 268 g/mol. The van der Waals surface area contributed by atoms with Crippen molar-refractivity contribution in [3.05, 3.63) is 0 Å². The number of piperazine rings is 1. The van der Waals surface area contributed by atoms with Gasteiger partial charge in [0.25, 0.3) is 0 Å². The number of nitrogens with zero attached hydrogens (tertiary/aromatic N) is 2. The van der Waals surface area contributed by atoms with Gasteiger partial charge in [0.2, 0.25) is 11.8 Å². The highest BCUT2D eigenvalue weighted by Gasteiger charge is 2.47. The fourth-order valence-corrected chi connectivity index (χ4v) is 4.62. The summed E-state index contributed by atoms with van der Waals surface area (Å²) in [7, 11) is 0. The zero-order valence-electron chi connectivity index (χ0n) is 10.8. The van der Waals surface area contributed by atoms with E-state index in [4.69, 9.17) is 0 Å². The fourth-order valence-electron chi connectivity index (χ4n) is 3.41. The lowest BCUT2D eigenvalue weighted by molar-refractivity contribution is -0.165. The van der Waals surface area contributed by atoms with Gasteiger partial charge in [0.05, 0.1) is 0 Å². The molecule has 3 saturated heterocycles. The number of carbonyl (C=O) groups excluding carboxylic acids is 2. The lowest BCUT2D eigenvalue weighted by Crippen LogP contribution is -2.67. The summed E-state index contributed by atoms with van der Waals surface area (Å²) in [5, 5.41) is 0. The molecule has 0 aromatic rings. The molecular formula is C13H20N2O2S. The van der Waals surface area contributed by atoms with Crippen molar-refractivity contribution in [2.75, 3.05) is 18.1 Å². The van der Waals surface area contributed by atoms with Crippen molar-refractivity contribution in [2.45, 2.75) is 50.7 Å². The van der Waals surface area contributed by atoms with Crippen LogP contribution in [0.15, 0.2) is 0 Å². The Bertz CT molecular complexity index is 368. The number of hydrogen-bond acceptors (Lipinski definition) is 3. The molecule has 100 valence electrons. The summed E-state index contributed by atoms with van der Waals surface area (Å²) in [5.74, 6) is 2.48. The molecule has 3 atom stereocenters. The van der Waals surface area contributed by atoms with Gasteiger partial charge < -0.3 is 9.80 Å². The first-order chi connectivity index (χ1) is 8.70. The summed E-state index contributed by atoms with van der Waals surface area (Å²) in [6, 6.07) is -0.130. The predicted octanol–water partition coefficient (Wildman–Crippen LogP) is 1.10. The minimum Gasteiger partial charge on any atom is -0.329 e. The van der Waals surface area contributed by atoms with Gasteiger partial charge in [0.15, 0.2) is 0 Å². The van der Waals surface area contributed by atoms with Crippen LogP contribution in [0.5, 0.6) is 0 Å². The summed E-state index contributed by atoms with van der Waals surface area (Å²) in [5.41, 5.74) is 0. The Morgan fingerprint density at radius 2 is 2.00 bits per heavy atom. The zero-order chi connectivity index (χ0) is 12.7. The number of hydrogen-bond donors (Lipinski definition) is 0. The van der Waals surface area contributed by atoms with E-state index in [-0.39, 0.29) is 29.9 Å². The van der Waals surface area contributed by atoms with Crippen LogP contribution in [0.1, 0.15) is 32.6 Å². The standard InChI is InChI=1S/C13H20N2O2S/c1-9-12(16)14-6-3-2-4-11(14)13(17)15(9)10-5-7-18-8-10/h9-11H,2-8H2,1H3. The van der Waals surface area contributed by atoms with Crippen molar-refractivity contribution >= 4 is 23.6 Å². The molecule has 0 spiro atoms. The van der Waals surface area contributed by atoms with Gasteiger partial charge in [0, 0.05) is 18.3 Å². The second kappa shape index (κ2) is 4.76. The smallest absolute Gasteiger partial charge is 0.246 e. The number of piperidine rings is 1. The Labute approximate surface area is 112 Å². The molecule has 0 saturated carbocycles. The second-order valence-corrected chi connectivity index (χ2v) is 6.63. The lowest BCUT2D eigenvalue weighted by Gasteiger charge is -2.48. The third kappa shape index (κ3) is 1.83. The largest absolute Gasteiger partial charge is 0.329 e. The van der Waals surface area contributed by atoms with Gasteiger partial charge in [-0.25, -0.2) is 0 Å². The van der Waals surface area contributed by atoms with Crippen molar-refractivity contribution < 1.29 is 9.59 Å². The Hall–Kier alpha value is -0.710. The van der Waals surface area contributed by atoms with Gasteiger partial charge in [-0.1, -0.05) is 0 Å². The Morgan fingerprint density at radius 3 is 2.72 bits per heavy atom. The highest BCUT2D eigenvalue weighted by Crippen LogP contribution is 2.31. The topological polar surface area (TPSA) is 40.6 Å². The molecule has 0 aromatic heterocycles. The first-order valence-electron chi connectivity index (χ1n) is 6.90. The molecule has 3 aliphatic heterocycles. The van der Waals surface area contributed by atoms with Gasteiger partial charge in [-0.3, -0.25) is 9.59 Å². The van der Waals surface area contributed by atoms with E-state index >= 15 is 0 Å². The number of amides is 2. The number of carbonyl (C=O) groups is 2. The lowest BCUT2D eigenvalue weighted by atomic mass is 9.94. The summed E-state index contributed by atoms with van der Waals surface area (Å²) in [6.45, 7) is 2.67. The van der Waals surface area contributed by atoms with Crippen molar-refractivity contribution in [3.63, 3.8) is 0 Å². The Morgan fingerprint density at radius 1 is 1.17 bits per heavy atom. The van der Waals surface area contributed by atoms with Crippen LogP contribution >= 0.6 is 11.8 Å². The van der Waals surface area contributed by atoms with Crippen LogP contribution in [0.4, 0.5) is 0 Å². The van der Waals surface area contributed by atoms with Crippen LogP contribution in [-0.2, 0) is 9.59 Å². The second-order valence-electron chi connectivity index (χ2n) is 5.48. The molecule has 18 heavy (non-hydrogen) atoms. The quantitative estimate of drug-likeness (QED) is 0.715. The summed E-state index contributed by atoms with van der Waals surface area (Å²) in [6.07, 6.45) is 4.01. The average Bonchev–Trinajstić information content (AvgIpc) is 2.90. The van der Waals surface area contributed by atoms with Crippen LogP contribution in [0, 0.1) is 0 Å². The maximum atomic E-state index is 12.6. The van der Waals surface area contributed by atoms with Gasteiger partial charge in [-0.15, -0.1) is 0 Å². The molecular weight excluding hydrogens is 248 g/mol. The first-order valence-corrected chi connectivity index (χ1v) is 8.06. The van der Waals surface area contributed by atoms with Crippen LogP contribution in [0.3, 0.4) is 0 Å². The molecule has 3 unspecified atom stereocenters. The third-order valence-electron chi connectivity index (χ3n) is 4.40. The molecule has 0 radical (unpaired) electrons. The molecule has 5 heteroatoms. The molecule has 2 amide bonds. The van der Waals surface area contributed by atoms with Crippen LogP contribution < -0.4 is 0 Å². The summed E-state index contributed by atoms with van der Waals surface area (Å²) >= 11 is 1.89. The molecule has 4 nitrogen and oxygen atoms in total. The van der Waals surface area contributed by atoms with Gasteiger partial charge >= 0.3 is 0 Å². The Balaban J connectivity index is 1.85. The highest BCUT2D eigenvalue weighted by atomic mass is 32.2. The first kappa shape index (κ1) is 12.3. The van der Waals surface area contributed by atoms with E-state index in [1.165, 1.54) is 0 Å². The number of thioether (sulfide) groups is 1. The van der Waals surface area contributed by atoms with E-state index in [9.17, 15) is 9.59 Å². The molecule has 0 N–H and O–H groups in total. The summed E-state index contributed by atoms with van der Waals surface area (Å²) < 4.78 is 0. The molecule has 0 aromatic carbocycles. The Kier molecular flexibility index (Phi) is 3.26. The van der Waals surface area contributed by atoms with E-state index in [0.717, 1.165) is 43.7 Å². The van der Waals surface area contributed by atoms with E-state index in [0.29, 0.717) is 0 Å². The van der Waals surface area contributed by atoms with E-state index in [1.807, 2.05) is 28.5 Å². The fraction of sp³-hybridized carbons (Fsp3) is 0.846. The van der Waals surface area contributed by atoms with Crippen LogP contribution in [0.2, 0.25) is 0 Å². The maximum absolute atomic E-state index is 12.6. The summed E-state index contributed by atoms with van der Waals surface area (Å²) in [4.78, 5) is 28.7. The van der Waals surface area contributed by atoms with Crippen molar-refractivity contribution in [1.29, 1.82) is 0 Å². The highest BCUT2D eigenvalue weighted by molar-refractivity contribution is 7.99. The zero-order valence-corrected chi connectivity index (χ0v) is 11.6. The molecule has 0 aliphatic carbocycles. The van der Waals surface area contributed by atoms with Gasteiger partial charge in [-0.2, -0.15) is 11.8 Å². The van der Waals surface area contributed by atoms with Crippen molar-refractivity contribution in [3.8, 4) is 0 Å². The molecule has 3 fully saturated rings.